The topological polar surface area (TPSA) is 138 Å². The Balaban J connectivity index is 1.35. The average Bonchev–Trinajstić information content (AvgIpc) is 3.63. The molecule has 208 valence electrons. The maximum Gasteiger partial charge on any atom is 0.251 e. The summed E-state index contributed by atoms with van der Waals surface area (Å²) in [4.78, 5) is 40.9. The molecule has 40 heavy (non-hydrogen) atoms. The molecule has 1 aliphatic rings. The van der Waals surface area contributed by atoms with Crippen LogP contribution in [0.15, 0.2) is 78.7 Å². The van der Waals surface area contributed by atoms with Crippen LogP contribution in [0, 0.1) is 11.3 Å². The normalized spacial score (nSPS) is 17.1. The summed E-state index contributed by atoms with van der Waals surface area (Å²) in [6.07, 6.45) is -0.0880. The first-order chi connectivity index (χ1) is 19.2. The van der Waals surface area contributed by atoms with Crippen LogP contribution in [0.2, 0.25) is 0 Å². The lowest BCUT2D eigenvalue weighted by Gasteiger charge is -2.24. The highest BCUT2D eigenvalue weighted by Gasteiger charge is 2.41. The van der Waals surface area contributed by atoms with Crippen molar-refractivity contribution in [3.8, 4) is 11.5 Å². The molecule has 0 bridgehead atoms. The molecule has 2 heterocycles. The predicted octanol–water partition coefficient (Wildman–Crippen LogP) is 3.61. The van der Waals surface area contributed by atoms with Crippen molar-refractivity contribution < 1.29 is 23.5 Å². The van der Waals surface area contributed by atoms with Crippen LogP contribution in [0.1, 0.15) is 27.2 Å². The second-order valence-electron chi connectivity index (χ2n) is 9.29. The van der Waals surface area contributed by atoms with Gasteiger partial charge in [-0.15, -0.1) is 17.9 Å². The monoisotopic (exact) mass is 563 g/mol. The third-order valence-electron chi connectivity index (χ3n) is 6.53. The summed E-state index contributed by atoms with van der Waals surface area (Å²) in [5, 5.41) is 14.6. The van der Waals surface area contributed by atoms with Crippen molar-refractivity contribution in [1.82, 2.24) is 15.5 Å². The minimum atomic E-state index is -1.38. The molecule has 1 aliphatic heterocycles. The third kappa shape index (κ3) is 7.11. The molecule has 5 N–H and O–H groups in total. The van der Waals surface area contributed by atoms with Crippen molar-refractivity contribution in [3.05, 3.63) is 94.7 Å². The van der Waals surface area contributed by atoms with Gasteiger partial charge in [0.1, 0.15) is 29.5 Å². The first-order valence-corrected chi connectivity index (χ1v) is 13.5. The summed E-state index contributed by atoms with van der Waals surface area (Å²) in [6, 6.07) is 16.5. The second kappa shape index (κ2) is 13.0. The molecule has 9 nitrogen and oxygen atoms in total. The number of rotatable bonds is 11. The van der Waals surface area contributed by atoms with Crippen LogP contribution in [0.5, 0.6) is 11.5 Å². The maximum absolute atomic E-state index is 14.4. The Hall–Kier alpha value is -4.51. The van der Waals surface area contributed by atoms with Crippen LogP contribution in [-0.2, 0) is 16.1 Å². The quantitative estimate of drug-likeness (QED) is 0.160. The van der Waals surface area contributed by atoms with E-state index in [1.165, 1.54) is 16.2 Å². The first kappa shape index (κ1) is 28.5. The Morgan fingerprint density at radius 3 is 2.48 bits per heavy atom. The van der Waals surface area contributed by atoms with Gasteiger partial charge in [-0.25, -0.2) is 4.39 Å². The molecule has 3 amide bonds. The van der Waals surface area contributed by atoms with Gasteiger partial charge < -0.3 is 26.0 Å². The van der Waals surface area contributed by atoms with E-state index in [1.54, 1.807) is 35.7 Å². The van der Waals surface area contributed by atoms with Gasteiger partial charge in [0.2, 0.25) is 11.8 Å². The highest BCUT2D eigenvalue weighted by Crippen LogP contribution is 2.29. The van der Waals surface area contributed by atoms with E-state index < -0.39 is 35.9 Å². The number of benzene rings is 2. The Bertz CT molecular complexity index is 1380. The van der Waals surface area contributed by atoms with Gasteiger partial charge in [0.05, 0.1) is 13.1 Å². The number of carbonyl (C=O) groups excluding carboxylic acids is 3. The average molecular weight is 564 g/mol. The molecule has 0 saturated carbocycles. The van der Waals surface area contributed by atoms with E-state index >= 15 is 0 Å². The number of likely N-dealkylation sites (tertiary alicyclic amines) is 1. The SMILES string of the molecule is C=CC(F)[C@@H]1C[C@@H](C(=O)NCc2cc(C(=N)N)cs2)N(C(=O)CNC(=O)c2ccc(Oc3ccccc3)cc2)C1. The standard InChI is InChI=1S/C29H30FN5O4S/c1-2-24(30)19-13-25(29(38)33-14-23-12-20(17-40-23)27(31)32)35(16-19)26(36)15-34-28(37)18-8-10-22(11-9-18)39-21-6-4-3-5-7-21/h2-12,17,19,24-25H,1,13-16H2,(H3,31,32)(H,33,38)(H,34,37)/t19-,24?,25+/m1/s1. The summed E-state index contributed by atoms with van der Waals surface area (Å²) in [6.45, 7) is 3.35. The Kier molecular flexibility index (Phi) is 9.28. The lowest BCUT2D eigenvalue weighted by Crippen LogP contribution is -2.48. The van der Waals surface area contributed by atoms with Crippen LogP contribution in [0.4, 0.5) is 4.39 Å². The van der Waals surface area contributed by atoms with Crippen LogP contribution in [-0.4, -0.2) is 53.8 Å². The number of alkyl halides is 1. The number of para-hydroxylation sites is 1. The van der Waals surface area contributed by atoms with Gasteiger partial charge in [-0.05, 0) is 48.9 Å². The van der Waals surface area contributed by atoms with Gasteiger partial charge in [-0.2, -0.15) is 0 Å². The number of nitrogens with zero attached hydrogens (tertiary/aromatic N) is 1. The molecule has 3 atom stereocenters. The Labute approximate surface area is 235 Å². The van der Waals surface area contributed by atoms with Gasteiger partial charge in [0, 0.05) is 33.8 Å². The van der Waals surface area contributed by atoms with Crippen LogP contribution < -0.4 is 21.1 Å². The van der Waals surface area contributed by atoms with E-state index in [-0.39, 0.29) is 31.9 Å². The van der Waals surface area contributed by atoms with Crippen molar-refractivity contribution in [1.29, 1.82) is 5.41 Å². The smallest absolute Gasteiger partial charge is 0.251 e. The van der Waals surface area contributed by atoms with Gasteiger partial charge >= 0.3 is 0 Å². The number of halogens is 1. The highest BCUT2D eigenvalue weighted by atomic mass is 32.1. The zero-order valence-corrected chi connectivity index (χ0v) is 22.5. The van der Waals surface area contributed by atoms with Gasteiger partial charge in [0.25, 0.3) is 5.91 Å². The van der Waals surface area contributed by atoms with E-state index in [0.29, 0.717) is 22.6 Å². The molecule has 4 rings (SSSR count). The lowest BCUT2D eigenvalue weighted by atomic mass is 10.00. The summed E-state index contributed by atoms with van der Waals surface area (Å²) in [5.41, 5.74) is 6.39. The molecule has 1 aromatic heterocycles. The van der Waals surface area contributed by atoms with E-state index in [9.17, 15) is 18.8 Å². The molecule has 2 aromatic carbocycles. The second-order valence-corrected chi connectivity index (χ2v) is 10.3. The van der Waals surface area contributed by atoms with E-state index in [4.69, 9.17) is 15.9 Å². The van der Waals surface area contributed by atoms with E-state index in [1.807, 2.05) is 30.3 Å². The molecule has 11 heteroatoms. The summed E-state index contributed by atoms with van der Waals surface area (Å²) < 4.78 is 20.2. The predicted molar refractivity (Wildman–Crippen MR) is 151 cm³/mol. The fourth-order valence-electron chi connectivity index (χ4n) is 4.38. The Morgan fingerprint density at radius 2 is 1.82 bits per heavy atom. The molecular formula is C29H30FN5O4S. The van der Waals surface area contributed by atoms with E-state index in [0.717, 1.165) is 11.0 Å². The number of nitrogen functional groups attached to an aromatic ring is 1. The number of amidine groups is 1. The summed E-state index contributed by atoms with van der Waals surface area (Å²) in [5.74, 6) is -0.826. The lowest BCUT2D eigenvalue weighted by molar-refractivity contribution is -0.137. The number of ether oxygens (including phenoxy) is 1. The molecule has 0 radical (unpaired) electrons. The third-order valence-corrected chi connectivity index (χ3v) is 7.47. The molecular weight excluding hydrogens is 533 g/mol. The number of nitrogens with two attached hydrogens (primary N) is 1. The fraction of sp³-hybridized carbons (Fsp3) is 0.241. The van der Waals surface area contributed by atoms with Gasteiger partial charge in [-0.1, -0.05) is 24.3 Å². The largest absolute Gasteiger partial charge is 0.457 e. The number of nitrogens with one attached hydrogen (secondary N) is 3. The van der Waals surface area contributed by atoms with Crippen molar-refractivity contribution in [2.45, 2.75) is 25.2 Å². The summed E-state index contributed by atoms with van der Waals surface area (Å²) in [7, 11) is 0. The van der Waals surface area contributed by atoms with Crippen molar-refractivity contribution >= 4 is 34.9 Å². The zero-order chi connectivity index (χ0) is 28.6. The minimum Gasteiger partial charge on any atom is -0.457 e. The van der Waals surface area contributed by atoms with Crippen molar-refractivity contribution in [2.24, 2.45) is 11.7 Å². The van der Waals surface area contributed by atoms with Crippen LogP contribution >= 0.6 is 11.3 Å². The van der Waals surface area contributed by atoms with Gasteiger partial charge in [-0.3, -0.25) is 19.8 Å². The van der Waals surface area contributed by atoms with Crippen molar-refractivity contribution in [2.75, 3.05) is 13.1 Å². The highest BCUT2D eigenvalue weighted by molar-refractivity contribution is 7.10. The van der Waals surface area contributed by atoms with Crippen LogP contribution in [0.25, 0.3) is 0 Å². The maximum atomic E-state index is 14.4. The number of hydrogen-bond acceptors (Lipinski definition) is 6. The molecule has 0 aliphatic carbocycles. The molecule has 1 unspecified atom stereocenters. The number of allylic oxidation sites excluding steroid dienone is 1. The zero-order valence-electron chi connectivity index (χ0n) is 21.6. The van der Waals surface area contributed by atoms with Crippen molar-refractivity contribution in [3.63, 3.8) is 0 Å². The molecule has 3 aromatic rings. The number of hydrogen-bond donors (Lipinski definition) is 4. The minimum absolute atomic E-state index is 0.0268. The molecule has 1 fully saturated rings. The first-order valence-electron chi connectivity index (χ1n) is 12.6. The summed E-state index contributed by atoms with van der Waals surface area (Å²) >= 11 is 1.34. The Morgan fingerprint density at radius 1 is 1.12 bits per heavy atom. The fourth-order valence-corrected chi connectivity index (χ4v) is 5.20. The van der Waals surface area contributed by atoms with Crippen LogP contribution in [0.3, 0.4) is 0 Å². The molecule has 0 spiro atoms. The van der Waals surface area contributed by atoms with Gasteiger partial charge in [0.15, 0.2) is 0 Å². The number of thiophene rings is 1. The molecule has 1 saturated heterocycles. The number of amides is 3. The van der Waals surface area contributed by atoms with E-state index in [2.05, 4.69) is 17.2 Å². The number of carbonyl (C=O) groups is 3.